The predicted molar refractivity (Wildman–Crippen MR) is 84.2 cm³/mol. The molecular formula is C16H19FN2O2S. The predicted octanol–water partition coefficient (Wildman–Crippen LogP) is 2.63. The molecule has 0 saturated carbocycles. The number of carbonyl (C=O) groups is 1. The van der Waals surface area contributed by atoms with Crippen LogP contribution in [0.4, 0.5) is 4.39 Å². The third kappa shape index (κ3) is 4.35. The molecule has 1 heterocycles. The summed E-state index contributed by atoms with van der Waals surface area (Å²) in [4.78, 5) is 16.3. The Balaban J connectivity index is 1.91. The summed E-state index contributed by atoms with van der Waals surface area (Å²) < 4.78 is 12.9. The summed E-state index contributed by atoms with van der Waals surface area (Å²) in [5, 5.41) is 15.8. The number of hydrogen-bond acceptors (Lipinski definition) is 4. The highest BCUT2D eigenvalue weighted by molar-refractivity contribution is 7.09. The lowest BCUT2D eigenvalue weighted by molar-refractivity contribution is -0.121. The quantitative estimate of drug-likeness (QED) is 0.859. The minimum Gasteiger partial charge on any atom is -0.386 e. The van der Waals surface area contributed by atoms with Crippen LogP contribution in [0.1, 0.15) is 36.2 Å². The van der Waals surface area contributed by atoms with Gasteiger partial charge >= 0.3 is 0 Å². The Bertz CT molecular complexity index is 627. The number of nitrogens with one attached hydrogen (secondary N) is 1. The lowest BCUT2D eigenvalue weighted by atomic mass is 10.0. The second-order valence-electron chi connectivity index (χ2n) is 5.12. The largest absolute Gasteiger partial charge is 0.386 e. The summed E-state index contributed by atoms with van der Waals surface area (Å²) in [6.45, 7) is 3.73. The van der Waals surface area contributed by atoms with E-state index in [-0.39, 0.29) is 18.1 Å². The van der Waals surface area contributed by atoms with E-state index in [4.69, 9.17) is 0 Å². The van der Waals surface area contributed by atoms with E-state index in [0.29, 0.717) is 5.56 Å². The molecule has 1 aromatic carbocycles. The Labute approximate surface area is 133 Å². The average molecular weight is 322 g/mol. The third-order valence-corrected chi connectivity index (χ3v) is 4.36. The monoisotopic (exact) mass is 322 g/mol. The Morgan fingerprint density at radius 3 is 2.68 bits per heavy atom. The van der Waals surface area contributed by atoms with Crippen molar-refractivity contribution in [2.24, 2.45) is 0 Å². The fourth-order valence-corrected chi connectivity index (χ4v) is 2.83. The molecule has 0 aliphatic rings. The number of aryl methyl sites for hydroxylation is 1. The molecule has 2 N–H and O–H groups in total. The van der Waals surface area contributed by atoms with Gasteiger partial charge in [-0.3, -0.25) is 4.79 Å². The third-order valence-electron chi connectivity index (χ3n) is 3.32. The van der Waals surface area contributed by atoms with Gasteiger partial charge in [-0.25, -0.2) is 9.37 Å². The van der Waals surface area contributed by atoms with Gasteiger partial charge in [0.15, 0.2) is 0 Å². The summed E-state index contributed by atoms with van der Waals surface area (Å²) >= 11 is 1.54. The highest BCUT2D eigenvalue weighted by Crippen LogP contribution is 2.17. The molecule has 4 nitrogen and oxygen atoms in total. The number of aliphatic hydroxyl groups excluding tert-OH is 1. The molecule has 0 saturated heterocycles. The highest BCUT2D eigenvalue weighted by atomic mass is 32.1. The fourth-order valence-electron chi connectivity index (χ4n) is 2.09. The highest BCUT2D eigenvalue weighted by Gasteiger charge is 2.19. The Morgan fingerprint density at radius 1 is 1.41 bits per heavy atom. The van der Waals surface area contributed by atoms with E-state index in [1.54, 1.807) is 6.92 Å². The normalized spacial score (nSPS) is 13.6. The van der Waals surface area contributed by atoms with E-state index in [1.165, 1.54) is 35.6 Å². The molecule has 2 rings (SSSR count). The van der Waals surface area contributed by atoms with Crippen LogP contribution in [0.2, 0.25) is 0 Å². The van der Waals surface area contributed by atoms with E-state index >= 15 is 0 Å². The first-order valence-electron chi connectivity index (χ1n) is 7.15. The first-order valence-corrected chi connectivity index (χ1v) is 8.03. The molecule has 2 atom stereocenters. The van der Waals surface area contributed by atoms with Crippen LogP contribution in [0.3, 0.4) is 0 Å². The number of aromatic nitrogens is 1. The molecule has 22 heavy (non-hydrogen) atoms. The van der Waals surface area contributed by atoms with Crippen LogP contribution in [0.5, 0.6) is 0 Å². The van der Waals surface area contributed by atoms with E-state index in [1.807, 2.05) is 12.3 Å². The summed E-state index contributed by atoms with van der Waals surface area (Å²) in [7, 11) is 0. The van der Waals surface area contributed by atoms with Gasteiger partial charge in [-0.2, -0.15) is 0 Å². The van der Waals surface area contributed by atoms with Crippen LogP contribution < -0.4 is 5.32 Å². The second-order valence-corrected chi connectivity index (χ2v) is 6.06. The van der Waals surface area contributed by atoms with Gasteiger partial charge in [0.1, 0.15) is 5.82 Å². The van der Waals surface area contributed by atoms with Crippen LogP contribution in [0, 0.1) is 5.82 Å². The van der Waals surface area contributed by atoms with Crippen molar-refractivity contribution >= 4 is 17.2 Å². The van der Waals surface area contributed by atoms with Crippen LogP contribution in [-0.4, -0.2) is 22.0 Å². The zero-order valence-electron chi connectivity index (χ0n) is 12.5. The van der Waals surface area contributed by atoms with Crippen molar-refractivity contribution < 1.29 is 14.3 Å². The zero-order valence-corrected chi connectivity index (χ0v) is 13.4. The number of aliphatic hydroxyl groups is 1. The molecule has 0 aliphatic carbocycles. The van der Waals surface area contributed by atoms with Crippen molar-refractivity contribution in [3.05, 3.63) is 51.7 Å². The first-order chi connectivity index (χ1) is 10.5. The fraction of sp³-hybridized carbons (Fsp3) is 0.375. The Hall–Kier alpha value is -1.79. The number of amides is 1. The molecule has 0 fully saturated rings. The summed E-state index contributed by atoms with van der Waals surface area (Å²) in [5.41, 5.74) is 1.30. The zero-order chi connectivity index (χ0) is 16.1. The number of halogens is 1. The number of rotatable bonds is 6. The molecule has 0 unspecified atom stereocenters. The van der Waals surface area contributed by atoms with Gasteiger partial charge in [-0.15, -0.1) is 11.3 Å². The number of carbonyl (C=O) groups excluding carboxylic acids is 1. The molecule has 118 valence electrons. The topological polar surface area (TPSA) is 62.2 Å². The van der Waals surface area contributed by atoms with Crippen molar-refractivity contribution in [2.45, 2.75) is 38.8 Å². The Kier molecular flexibility index (Phi) is 5.63. The summed E-state index contributed by atoms with van der Waals surface area (Å²) in [6, 6.07) is 5.12. The van der Waals surface area contributed by atoms with Crippen molar-refractivity contribution in [1.29, 1.82) is 0 Å². The summed E-state index contributed by atoms with van der Waals surface area (Å²) in [6.07, 6.45) is 0.161. The molecule has 0 spiro atoms. The minimum atomic E-state index is -0.883. The molecule has 1 amide bonds. The molecule has 0 bridgehead atoms. The van der Waals surface area contributed by atoms with E-state index in [9.17, 15) is 14.3 Å². The molecule has 1 aromatic heterocycles. The van der Waals surface area contributed by atoms with E-state index < -0.39 is 12.1 Å². The number of benzene rings is 1. The van der Waals surface area contributed by atoms with Gasteiger partial charge in [-0.05, 0) is 31.0 Å². The van der Waals surface area contributed by atoms with Crippen molar-refractivity contribution in [1.82, 2.24) is 10.3 Å². The van der Waals surface area contributed by atoms with Gasteiger partial charge in [-0.1, -0.05) is 19.1 Å². The van der Waals surface area contributed by atoms with Gasteiger partial charge in [0.05, 0.1) is 29.3 Å². The van der Waals surface area contributed by atoms with Crippen LogP contribution in [0.25, 0.3) is 0 Å². The second kappa shape index (κ2) is 7.47. The Morgan fingerprint density at radius 2 is 2.09 bits per heavy atom. The summed E-state index contributed by atoms with van der Waals surface area (Å²) in [5.74, 6) is -0.551. The maximum absolute atomic E-state index is 12.9. The average Bonchev–Trinajstić information content (AvgIpc) is 2.94. The van der Waals surface area contributed by atoms with E-state index in [2.05, 4.69) is 10.3 Å². The van der Waals surface area contributed by atoms with Crippen LogP contribution in [0.15, 0.2) is 29.6 Å². The number of nitrogens with zero attached hydrogens (tertiary/aromatic N) is 1. The van der Waals surface area contributed by atoms with Gasteiger partial charge in [0.25, 0.3) is 0 Å². The standard InChI is InChI=1S/C16H19FN2O2S/c1-3-15-19-13(9-22-15)8-14(20)18-10(2)16(21)11-4-6-12(17)7-5-11/h4-7,9-10,16,21H,3,8H2,1-2H3,(H,18,20)/t10-,16-/m1/s1. The number of hydrogen-bond donors (Lipinski definition) is 2. The maximum atomic E-state index is 12.9. The SMILES string of the molecule is CCc1nc(CC(=O)N[C@H](C)[C@@H](O)c2ccc(F)cc2)cs1. The molecule has 6 heteroatoms. The van der Waals surface area contributed by atoms with Crippen molar-refractivity contribution in [3.63, 3.8) is 0 Å². The van der Waals surface area contributed by atoms with Gasteiger partial charge in [0.2, 0.25) is 5.91 Å². The lowest BCUT2D eigenvalue weighted by Crippen LogP contribution is -2.38. The van der Waals surface area contributed by atoms with Gasteiger partial charge < -0.3 is 10.4 Å². The number of thiazole rings is 1. The lowest BCUT2D eigenvalue weighted by Gasteiger charge is -2.20. The molecule has 2 aromatic rings. The molecule has 0 radical (unpaired) electrons. The first kappa shape index (κ1) is 16.6. The van der Waals surface area contributed by atoms with Crippen molar-refractivity contribution in [2.75, 3.05) is 0 Å². The smallest absolute Gasteiger partial charge is 0.226 e. The van der Waals surface area contributed by atoms with Crippen molar-refractivity contribution in [3.8, 4) is 0 Å². The molecular weight excluding hydrogens is 303 g/mol. The molecule has 0 aliphatic heterocycles. The van der Waals surface area contributed by atoms with Gasteiger partial charge in [0, 0.05) is 5.38 Å². The van der Waals surface area contributed by atoms with E-state index in [0.717, 1.165) is 17.1 Å². The van der Waals surface area contributed by atoms with Crippen LogP contribution >= 0.6 is 11.3 Å². The minimum absolute atomic E-state index is 0.191. The van der Waals surface area contributed by atoms with Crippen LogP contribution in [-0.2, 0) is 17.6 Å². The maximum Gasteiger partial charge on any atom is 0.226 e.